The Balaban J connectivity index is 1.41. The van der Waals surface area contributed by atoms with Crippen molar-refractivity contribution in [2.24, 2.45) is 0 Å². The van der Waals surface area contributed by atoms with Crippen LogP contribution < -0.4 is 0 Å². The summed E-state index contributed by atoms with van der Waals surface area (Å²) < 4.78 is 0. The quantitative estimate of drug-likeness (QED) is 0.629. The summed E-state index contributed by atoms with van der Waals surface area (Å²) in [5, 5.41) is 0. The van der Waals surface area contributed by atoms with E-state index in [0.717, 1.165) is 6.04 Å². The highest BCUT2D eigenvalue weighted by Crippen LogP contribution is 2.20. The lowest BCUT2D eigenvalue weighted by atomic mass is 10.1. The second-order valence-electron chi connectivity index (χ2n) is 6.03. The molecule has 2 fully saturated rings. The Labute approximate surface area is 107 Å². The van der Waals surface area contributed by atoms with Crippen LogP contribution in [0.25, 0.3) is 0 Å². The van der Waals surface area contributed by atoms with Crippen LogP contribution in [0.15, 0.2) is 0 Å². The number of hydrogen-bond donors (Lipinski definition) is 0. The molecule has 2 heteroatoms. The third kappa shape index (κ3) is 4.59. The van der Waals surface area contributed by atoms with Gasteiger partial charge in [-0.25, -0.2) is 0 Å². The molecule has 1 atom stereocenters. The van der Waals surface area contributed by atoms with Crippen molar-refractivity contribution in [1.29, 1.82) is 0 Å². The lowest BCUT2D eigenvalue weighted by Crippen LogP contribution is -2.24. The average Bonchev–Trinajstić information content (AvgIpc) is 2.95. The maximum Gasteiger partial charge on any atom is 0.00926 e. The van der Waals surface area contributed by atoms with E-state index in [1.807, 2.05) is 0 Å². The molecule has 0 aromatic heterocycles. The molecule has 100 valence electrons. The summed E-state index contributed by atoms with van der Waals surface area (Å²) in [6, 6.07) is 0.911. The van der Waals surface area contributed by atoms with Crippen molar-refractivity contribution in [3.63, 3.8) is 0 Å². The highest BCUT2D eigenvalue weighted by atomic mass is 15.1. The van der Waals surface area contributed by atoms with Crippen molar-refractivity contribution in [3.8, 4) is 0 Å². The van der Waals surface area contributed by atoms with Crippen LogP contribution >= 0.6 is 0 Å². The number of hydrogen-bond acceptors (Lipinski definition) is 2. The summed E-state index contributed by atoms with van der Waals surface area (Å²) in [6.07, 6.45) is 13.0. The number of likely N-dealkylation sites (tertiary alicyclic amines) is 2. The maximum absolute atomic E-state index is 2.64. The van der Waals surface area contributed by atoms with Crippen LogP contribution in [-0.2, 0) is 0 Å². The maximum atomic E-state index is 2.64. The topological polar surface area (TPSA) is 6.48 Å². The molecule has 0 N–H and O–H groups in total. The monoisotopic (exact) mass is 238 g/mol. The number of nitrogens with zero attached hydrogens (tertiary/aromatic N) is 2. The van der Waals surface area contributed by atoms with Crippen LogP contribution in [0.2, 0.25) is 0 Å². The van der Waals surface area contributed by atoms with Gasteiger partial charge in [-0.15, -0.1) is 0 Å². The SMILES string of the molecule is CN1CCCC1CCCCCCN1CCCC1. The fraction of sp³-hybridized carbons (Fsp3) is 1.00. The van der Waals surface area contributed by atoms with E-state index < -0.39 is 0 Å². The molecule has 2 nitrogen and oxygen atoms in total. The standard InChI is InChI=1S/C15H30N2/c1-16-11-8-10-15(16)9-4-2-3-5-12-17-13-6-7-14-17/h15H,2-14H2,1H3. The van der Waals surface area contributed by atoms with E-state index in [2.05, 4.69) is 16.8 Å². The Morgan fingerprint density at radius 2 is 1.65 bits per heavy atom. The summed E-state index contributed by atoms with van der Waals surface area (Å²) in [4.78, 5) is 5.20. The first-order chi connectivity index (χ1) is 8.36. The molecule has 0 spiro atoms. The van der Waals surface area contributed by atoms with Crippen molar-refractivity contribution in [1.82, 2.24) is 9.80 Å². The molecule has 0 aromatic rings. The van der Waals surface area contributed by atoms with Crippen molar-refractivity contribution in [3.05, 3.63) is 0 Å². The largest absolute Gasteiger partial charge is 0.303 e. The van der Waals surface area contributed by atoms with Gasteiger partial charge in [0.15, 0.2) is 0 Å². The van der Waals surface area contributed by atoms with Crippen molar-refractivity contribution < 1.29 is 0 Å². The fourth-order valence-corrected chi connectivity index (χ4v) is 3.42. The first-order valence-electron chi connectivity index (χ1n) is 7.79. The van der Waals surface area contributed by atoms with E-state index in [1.165, 1.54) is 84.0 Å². The van der Waals surface area contributed by atoms with Gasteiger partial charge in [-0.3, -0.25) is 0 Å². The molecule has 0 saturated carbocycles. The molecule has 17 heavy (non-hydrogen) atoms. The van der Waals surface area contributed by atoms with Crippen LogP contribution in [0.5, 0.6) is 0 Å². The molecule has 2 aliphatic heterocycles. The average molecular weight is 238 g/mol. The molecule has 2 heterocycles. The smallest absolute Gasteiger partial charge is 0.00926 e. The summed E-state index contributed by atoms with van der Waals surface area (Å²) in [6.45, 7) is 5.43. The van der Waals surface area contributed by atoms with E-state index in [1.54, 1.807) is 0 Å². The number of rotatable bonds is 7. The van der Waals surface area contributed by atoms with E-state index in [4.69, 9.17) is 0 Å². The minimum atomic E-state index is 0.911. The minimum Gasteiger partial charge on any atom is -0.303 e. The van der Waals surface area contributed by atoms with Crippen LogP contribution in [0.4, 0.5) is 0 Å². The van der Waals surface area contributed by atoms with Crippen molar-refractivity contribution in [2.45, 2.75) is 63.8 Å². The predicted molar refractivity (Wildman–Crippen MR) is 74.4 cm³/mol. The van der Waals surface area contributed by atoms with Gasteiger partial charge >= 0.3 is 0 Å². The Morgan fingerprint density at radius 1 is 0.882 bits per heavy atom. The van der Waals surface area contributed by atoms with Gasteiger partial charge in [0.25, 0.3) is 0 Å². The zero-order valence-electron chi connectivity index (χ0n) is 11.7. The van der Waals surface area contributed by atoms with Gasteiger partial charge in [0, 0.05) is 6.04 Å². The van der Waals surface area contributed by atoms with Crippen LogP contribution in [0.1, 0.15) is 57.8 Å². The van der Waals surface area contributed by atoms with Crippen LogP contribution in [0, 0.1) is 0 Å². The first-order valence-corrected chi connectivity index (χ1v) is 7.79. The van der Waals surface area contributed by atoms with Crippen LogP contribution in [0.3, 0.4) is 0 Å². The lowest BCUT2D eigenvalue weighted by molar-refractivity contribution is 0.286. The van der Waals surface area contributed by atoms with Gasteiger partial charge in [-0.2, -0.15) is 0 Å². The Hall–Kier alpha value is -0.0800. The molecule has 2 saturated heterocycles. The minimum absolute atomic E-state index is 0.911. The molecule has 0 amide bonds. The molecule has 1 unspecified atom stereocenters. The Morgan fingerprint density at radius 3 is 2.35 bits per heavy atom. The molecule has 0 radical (unpaired) electrons. The molecule has 0 bridgehead atoms. The second kappa shape index (κ2) is 7.38. The summed E-state index contributed by atoms with van der Waals surface area (Å²) in [7, 11) is 2.30. The fourth-order valence-electron chi connectivity index (χ4n) is 3.42. The van der Waals surface area contributed by atoms with Gasteiger partial charge in [0.05, 0.1) is 0 Å². The normalized spacial score (nSPS) is 27.0. The molecule has 2 aliphatic rings. The summed E-state index contributed by atoms with van der Waals surface area (Å²) in [5.41, 5.74) is 0. The van der Waals surface area contributed by atoms with E-state index in [-0.39, 0.29) is 0 Å². The van der Waals surface area contributed by atoms with Crippen molar-refractivity contribution >= 4 is 0 Å². The van der Waals surface area contributed by atoms with Gasteiger partial charge in [-0.05, 0) is 71.8 Å². The van der Waals surface area contributed by atoms with E-state index in [9.17, 15) is 0 Å². The zero-order chi connectivity index (χ0) is 11.9. The first kappa shape index (κ1) is 13.4. The van der Waals surface area contributed by atoms with Gasteiger partial charge in [0.1, 0.15) is 0 Å². The third-order valence-electron chi connectivity index (χ3n) is 4.63. The summed E-state index contributed by atoms with van der Waals surface area (Å²) >= 11 is 0. The highest BCUT2D eigenvalue weighted by molar-refractivity contribution is 4.75. The molecule has 0 aliphatic carbocycles. The lowest BCUT2D eigenvalue weighted by Gasteiger charge is -2.19. The number of unbranched alkanes of at least 4 members (excludes halogenated alkanes) is 3. The molecule has 2 rings (SSSR count). The molecular formula is C15H30N2. The molecular weight excluding hydrogens is 208 g/mol. The Kier molecular flexibility index (Phi) is 5.79. The van der Waals surface area contributed by atoms with Gasteiger partial charge in [0.2, 0.25) is 0 Å². The summed E-state index contributed by atoms with van der Waals surface area (Å²) in [5.74, 6) is 0. The van der Waals surface area contributed by atoms with Crippen molar-refractivity contribution in [2.75, 3.05) is 33.2 Å². The van der Waals surface area contributed by atoms with Gasteiger partial charge < -0.3 is 9.80 Å². The third-order valence-corrected chi connectivity index (χ3v) is 4.63. The predicted octanol–water partition coefficient (Wildman–Crippen LogP) is 3.13. The molecule has 0 aromatic carbocycles. The highest BCUT2D eigenvalue weighted by Gasteiger charge is 2.19. The zero-order valence-corrected chi connectivity index (χ0v) is 11.7. The Bertz CT molecular complexity index is 199. The van der Waals surface area contributed by atoms with Gasteiger partial charge in [-0.1, -0.05) is 19.3 Å². The van der Waals surface area contributed by atoms with E-state index in [0.29, 0.717) is 0 Å². The van der Waals surface area contributed by atoms with Crippen LogP contribution in [-0.4, -0.2) is 49.1 Å². The second-order valence-corrected chi connectivity index (χ2v) is 6.03. The van der Waals surface area contributed by atoms with E-state index >= 15 is 0 Å².